The van der Waals surface area contributed by atoms with Crippen LogP contribution >= 0.6 is 0 Å². The van der Waals surface area contributed by atoms with Gasteiger partial charge in [0, 0.05) is 6.04 Å². The van der Waals surface area contributed by atoms with Gasteiger partial charge in [0.2, 0.25) is 0 Å². The van der Waals surface area contributed by atoms with Gasteiger partial charge in [-0.05, 0) is 31.7 Å². The second-order valence-corrected chi connectivity index (χ2v) is 5.85. The summed E-state index contributed by atoms with van der Waals surface area (Å²) in [4.78, 5) is 12.1. The molecule has 0 unspecified atom stereocenters. The minimum absolute atomic E-state index is 0.246. The normalized spacial score (nSPS) is 26.0. The summed E-state index contributed by atoms with van der Waals surface area (Å²) >= 11 is 0. The average molecular weight is 301 g/mol. The van der Waals surface area contributed by atoms with Crippen LogP contribution in [0.5, 0.6) is 0 Å². The van der Waals surface area contributed by atoms with Crippen molar-refractivity contribution in [2.24, 2.45) is 0 Å². The van der Waals surface area contributed by atoms with Crippen molar-refractivity contribution in [1.29, 1.82) is 0 Å². The van der Waals surface area contributed by atoms with Crippen LogP contribution in [-0.4, -0.2) is 28.8 Å². The van der Waals surface area contributed by atoms with Gasteiger partial charge in [-0.15, -0.1) is 6.42 Å². The Bertz CT molecular complexity index is 537. The summed E-state index contributed by atoms with van der Waals surface area (Å²) in [5.74, 6) is 2.13. The average Bonchev–Trinajstić information content (AvgIpc) is 2.55. The van der Waals surface area contributed by atoms with Gasteiger partial charge in [-0.3, -0.25) is 10.1 Å². The van der Waals surface area contributed by atoms with Crippen LogP contribution in [0.4, 0.5) is 0 Å². The zero-order valence-electron chi connectivity index (χ0n) is 12.9. The largest absolute Gasteiger partial charge is 0.460 e. The number of benzene rings is 1. The maximum Gasteiger partial charge on any atom is 0.323 e. The Labute approximate surface area is 131 Å². The number of rotatable bonds is 5. The molecule has 0 aliphatic heterocycles. The number of aliphatic hydroxyl groups is 1. The summed E-state index contributed by atoms with van der Waals surface area (Å²) < 4.78 is 5.30. The van der Waals surface area contributed by atoms with Crippen LogP contribution in [0.1, 0.15) is 38.2 Å². The molecule has 2 rings (SSSR count). The fourth-order valence-corrected chi connectivity index (χ4v) is 2.77. The Kier molecular flexibility index (Phi) is 5.59. The first-order chi connectivity index (χ1) is 10.5. The molecule has 1 fully saturated rings. The summed E-state index contributed by atoms with van der Waals surface area (Å²) in [5.41, 5.74) is -0.229. The van der Waals surface area contributed by atoms with E-state index in [1.165, 1.54) is 0 Å². The summed E-state index contributed by atoms with van der Waals surface area (Å²) in [6.07, 6.45) is 8.68. The molecule has 1 aliphatic rings. The van der Waals surface area contributed by atoms with E-state index in [4.69, 9.17) is 11.2 Å². The van der Waals surface area contributed by atoms with Gasteiger partial charge in [-0.2, -0.15) is 0 Å². The number of carbonyl (C=O) groups excluding carboxylic acids is 1. The third-order valence-electron chi connectivity index (χ3n) is 4.16. The zero-order valence-corrected chi connectivity index (χ0v) is 12.9. The van der Waals surface area contributed by atoms with Crippen molar-refractivity contribution >= 4 is 5.97 Å². The van der Waals surface area contributed by atoms with E-state index in [2.05, 4.69) is 11.2 Å². The minimum atomic E-state index is -1.17. The Morgan fingerprint density at radius 1 is 1.50 bits per heavy atom. The summed E-state index contributed by atoms with van der Waals surface area (Å²) in [7, 11) is 0. The highest BCUT2D eigenvalue weighted by molar-refractivity contribution is 5.75. The predicted octanol–water partition coefficient (Wildman–Crippen LogP) is 2.01. The van der Waals surface area contributed by atoms with E-state index < -0.39 is 11.6 Å². The Balaban J connectivity index is 1.87. The summed E-state index contributed by atoms with van der Waals surface area (Å²) in [5, 5.41) is 13.6. The van der Waals surface area contributed by atoms with Crippen LogP contribution in [0.25, 0.3) is 0 Å². The number of carbonyl (C=O) groups is 1. The first-order valence-corrected chi connectivity index (χ1v) is 7.72. The molecule has 0 heterocycles. The molecule has 4 nitrogen and oxygen atoms in total. The summed E-state index contributed by atoms with van der Waals surface area (Å²) in [6.45, 7) is 1.98. The third kappa shape index (κ3) is 4.09. The standard InChI is InChI=1S/C18H23NO3/c1-3-18(21)12-8-7-11-16(18)19-14(2)17(20)22-13-15-9-5-4-6-10-15/h1,4-6,9-10,14,16,19,21H,7-8,11-13H2,2H3/t14-,16-,18-/m1/s1. The highest BCUT2D eigenvalue weighted by Crippen LogP contribution is 2.28. The smallest absolute Gasteiger partial charge is 0.323 e. The van der Waals surface area contributed by atoms with Gasteiger partial charge in [0.15, 0.2) is 0 Å². The Morgan fingerprint density at radius 2 is 2.23 bits per heavy atom. The van der Waals surface area contributed by atoms with Gasteiger partial charge in [-0.25, -0.2) is 0 Å². The third-order valence-corrected chi connectivity index (χ3v) is 4.16. The van der Waals surface area contributed by atoms with Gasteiger partial charge >= 0.3 is 5.97 Å². The molecule has 3 atom stereocenters. The molecule has 1 aromatic carbocycles. The molecule has 0 bridgehead atoms. The van der Waals surface area contributed by atoms with Crippen molar-refractivity contribution in [2.45, 2.75) is 56.9 Å². The number of ether oxygens (including phenoxy) is 1. The van der Waals surface area contributed by atoms with Crippen LogP contribution in [-0.2, 0) is 16.1 Å². The Hall–Kier alpha value is -1.83. The summed E-state index contributed by atoms with van der Waals surface area (Å²) in [6, 6.07) is 8.75. The van der Waals surface area contributed by atoms with Crippen molar-refractivity contribution in [3.8, 4) is 12.3 Å². The monoisotopic (exact) mass is 301 g/mol. The molecule has 118 valence electrons. The van der Waals surface area contributed by atoms with Gasteiger partial charge in [0.05, 0.1) is 0 Å². The fourth-order valence-electron chi connectivity index (χ4n) is 2.77. The maximum atomic E-state index is 12.1. The van der Waals surface area contributed by atoms with Gasteiger partial charge in [-0.1, -0.05) is 42.7 Å². The first-order valence-electron chi connectivity index (χ1n) is 7.72. The molecule has 1 saturated carbocycles. The number of hydrogen-bond donors (Lipinski definition) is 2. The topological polar surface area (TPSA) is 58.6 Å². The molecule has 0 saturated heterocycles. The van der Waals surface area contributed by atoms with Crippen molar-refractivity contribution in [2.75, 3.05) is 0 Å². The fraction of sp³-hybridized carbons (Fsp3) is 0.500. The molecule has 2 N–H and O–H groups in total. The van der Waals surface area contributed by atoms with Gasteiger partial charge < -0.3 is 9.84 Å². The zero-order chi connectivity index (χ0) is 16.0. The molecular formula is C18H23NO3. The minimum Gasteiger partial charge on any atom is -0.460 e. The van der Waals surface area contributed by atoms with E-state index in [1.54, 1.807) is 6.92 Å². The van der Waals surface area contributed by atoms with Crippen molar-refractivity contribution in [3.63, 3.8) is 0 Å². The van der Waals surface area contributed by atoms with E-state index in [0.29, 0.717) is 6.42 Å². The molecule has 1 aromatic rings. The number of hydrogen-bond acceptors (Lipinski definition) is 4. The van der Waals surface area contributed by atoms with E-state index in [1.807, 2.05) is 30.3 Å². The Morgan fingerprint density at radius 3 is 2.91 bits per heavy atom. The lowest BCUT2D eigenvalue weighted by molar-refractivity contribution is -0.147. The van der Waals surface area contributed by atoms with E-state index in [0.717, 1.165) is 24.8 Å². The molecule has 4 heteroatoms. The van der Waals surface area contributed by atoms with Crippen molar-refractivity contribution in [3.05, 3.63) is 35.9 Å². The highest BCUT2D eigenvalue weighted by atomic mass is 16.5. The second-order valence-electron chi connectivity index (χ2n) is 5.85. The first kappa shape index (κ1) is 16.5. The molecule has 0 radical (unpaired) electrons. The SMILES string of the molecule is C#C[C@@]1(O)CCCC[C@H]1N[C@H](C)C(=O)OCc1ccccc1. The van der Waals surface area contributed by atoms with E-state index in [-0.39, 0.29) is 18.6 Å². The van der Waals surface area contributed by atoms with Gasteiger partial charge in [0.1, 0.15) is 18.2 Å². The van der Waals surface area contributed by atoms with Crippen molar-refractivity contribution < 1.29 is 14.6 Å². The highest BCUT2D eigenvalue weighted by Gasteiger charge is 2.38. The molecule has 0 amide bonds. The quantitative estimate of drug-likeness (QED) is 0.645. The lowest BCUT2D eigenvalue weighted by Gasteiger charge is -2.37. The lowest BCUT2D eigenvalue weighted by atomic mass is 9.80. The predicted molar refractivity (Wildman–Crippen MR) is 84.9 cm³/mol. The number of esters is 1. The number of nitrogens with one attached hydrogen (secondary N) is 1. The lowest BCUT2D eigenvalue weighted by Crippen LogP contribution is -2.56. The van der Waals surface area contributed by atoms with E-state index >= 15 is 0 Å². The van der Waals surface area contributed by atoms with Crippen molar-refractivity contribution in [1.82, 2.24) is 5.32 Å². The van der Waals surface area contributed by atoms with Crippen LogP contribution in [0.3, 0.4) is 0 Å². The molecular weight excluding hydrogens is 278 g/mol. The molecule has 0 aromatic heterocycles. The van der Waals surface area contributed by atoms with Crippen LogP contribution in [0, 0.1) is 12.3 Å². The van der Waals surface area contributed by atoms with Crippen LogP contribution in [0.15, 0.2) is 30.3 Å². The number of terminal acetylenes is 1. The van der Waals surface area contributed by atoms with Crippen LogP contribution in [0.2, 0.25) is 0 Å². The molecule has 1 aliphatic carbocycles. The van der Waals surface area contributed by atoms with Crippen LogP contribution < -0.4 is 5.32 Å². The van der Waals surface area contributed by atoms with E-state index in [9.17, 15) is 9.90 Å². The maximum absolute atomic E-state index is 12.1. The second kappa shape index (κ2) is 7.44. The van der Waals surface area contributed by atoms with Gasteiger partial charge in [0.25, 0.3) is 0 Å². The molecule has 0 spiro atoms. The molecule has 22 heavy (non-hydrogen) atoms.